The lowest BCUT2D eigenvalue weighted by molar-refractivity contribution is -0.00975. The molecule has 0 aromatic carbocycles. The Hall–Kier alpha value is -1.39. The number of rotatable bonds is 1. The van der Waals surface area contributed by atoms with Gasteiger partial charge in [0.1, 0.15) is 5.69 Å². The zero-order valence-corrected chi connectivity index (χ0v) is 7.47. The van der Waals surface area contributed by atoms with E-state index in [4.69, 9.17) is 5.11 Å². The van der Waals surface area contributed by atoms with Crippen LogP contribution in [-0.4, -0.2) is 16.1 Å². The van der Waals surface area contributed by atoms with Gasteiger partial charge in [0.05, 0.1) is 5.69 Å². The average molecular weight is 201 g/mol. The van der Waals surface area contributed by atoms with Crippen molar-refractivity contribution in [3.63, 3.8) is 0 Å². The minimum Gasteiger partial charge on any atom is -0.477 e. The predicted molar refractivity (Wildman–Crippen MR) is 44.7 cm³/mol. The summed E-state index contributed by atoms with van der Waals surface area (Å²) in [4.78, 5) is 12.8. The minimum atomic E-state index is -2.91. The lowest BCUT2D eigenvalue weighted by Crippen LogP contribution is -2.10. The van der Waals surface area contributed by atoms with Gasteiger partial charge in [-0.3, -0.25) is 0 Å². The first-order valence-corrected chi connectivity index (χ1v) is 4.26. The standard InChI is InChI=1S/C9H9F2NO2/c1-4-3-9(10,11)7-5(4)2-6(12-7)8(13)14/h2,4,12H,3H2,1H3,(H,13,14). The number of aromatic carboxylic acids is 1. The average Bonchev–Trinajstić information content (AvgIpc) is 2.53. The molecule has 0 spiro atoms. The Morgan fingerprint density at radius 2 is 2.36 bits per heavy atom. The fourth-order valence-corrected chi connectivity index (χ4v) is 1.87. The van der Waals surface area contributed by atoms with Crippen LogP contribution in [0.25, 0.3) is 0 Å². The number of aromatic amines is 1. The number of aromatic nitrogens is 1. The first kappa shape index (κ1) is 9.18. The molecule has 0 saturated carbocycles. The maximum Gasteiger partial charge on any atom is 0.352 e. The molecule has 2 N–H and O–H groups in total. The van der Waals surface area contributed by atoms with Crippen LogP contribution in [0.15, 0.2) is 6.07 Å². The Balaban J connectivity index is 2.53. The fourth-order valence-electron chi connectivity index (χ4n) is 1.87. The Kier molecular flexibility index (Phi) is 1.68. The van der Waals surface area contributed by atoms with Crippen LogP contribution in [0.5, 0.6) is 0 Å². The van der Waals surface area contributed by atoms with E-state index in [-0.39, 0.29) is 23.7 Å². The first-order chi connectivity index (χ1) is 6.42. The van der Waals surface area contributed by atoms with Gasteiger partial charge in [0.2, 0.25) is 0 Å². The van der Waals surface area contributed by atoms with E-state index < -0.39 is 11.9 Å². The quantitative estimate of drug-likeness (QED) is 0.732. The molecule has 1 aliphatic carbocycles. The molecule has 1 unspecified atom stereocenters. The van der Waals surface area contributed by atoms with Crippen LogP contribution in [0.2, 0.25) is 0 Å². The van der Waals surface area contributed by atoms with E-state index in [1.54, 1.807) is 6.92 Å². The smallest absolute Gasteiger partial charge is 0.352 e. The van der Waals surface area contributed by atoms with E-state index in [0.29, 0.717) is 5.56 Å². The van der Waals surface area contributed by atoms with E-state index in [1.165, 1.54) is 6.07 Å². The van der Waals surface area contributed by atoms with Crippen LogP contribution in [0.4, 0.5) is 8.78 Å². The summed E-state index contributed by atoms with van der Waals surface area (Å²) in [6, 6.07) is 1.29. The van der Waals surface area contributed by atoms with Gasteiger partial charge >= 0.3 is 5.97 Å². The van der Waals surface area contributed by atoms with Gasteiger partial charge in [-0.25, -0.2) is 4.79 Å². The zero-order valence-electron chi connectivity index (χ0n) is 7.47. The van der Waals surface area contributed by atoms with Crippen LogP contribution in [0, 0.1) is 0 Å². The largest absolute Gasteiger partial charge is 0.477 e. The molecule has 1 aromatic heterocycles. The van der Waals surface area contributed by atoms with E-state index in [9.17, 15) is 13.6 Å². The van der Waals surface area contributed by atoms with Crippen molar-refractivity contribution in [2.24, 2.45) is 0 Å². The molecule has 0 saturated heterocycles. The molecule has 14 heavy (non-hydrogen) atoms. The summed E-state index contributed by atoms with van der Waals surface area (Å²) in [6.45, 7) is 1.67. The molecule has 76 valence electrons. The Morgan fingerprint density at radius 1 is 1.71 bits per heavy atom. The lowest BCUT2D eigenvalue weighted by atomic mass is 10.1. The van der Waals surface area contributed by atoms with Gasteiger partial charge in [0.15, 0.2) is 0 Å². The van der Waals surface area contributed by atoms with Crippen molar-refractivity contribution in [2.45, 2.75) is 25.2 Å². The number of carbonyl (C=O) groups is 1. The summed E-state index contributed by atoms with van der Waals surface area (Å²) in [5.41, 5.74) is 0.0241. The third-order valence-corrected chi connectivity index (χ3v) is 2.54. The Bertz CT molecular complexity index is 398. The van der Waals surface area contributed by atoms with Crippen molar-refractivity contribution in [1.29, 1.82) is 0 Å². The normalized spacial score (nSPS) is 23.5. The van der Waals surface area contributed by atoms with Crippen molar-refractivity contribution in [2.75, 3.05) is 0 Å². The van der Waals surface area contributed by atoms with Crippen LogP contribution < -0.4 is 0 Å². The first-order valence-electron chi connectivity index (χ1n) is 4.26. The fraction of sp³-hybridized carbons (Fsp3) is 0.444. The van der Waals surface area contributed by atoms with Gasteiger partial charge in [0, 0.05) is 6.42 Å². The molecule has 1 heterocycles. The molecule has 0 radical (unpaired) electrons. The molecule has 3 nitrogen and oxygen atoms in total. The highest BCUT2D eigenvalue weighted by molar-refractivity contribution is 5.86. The Morgan fingerprint density at radius 3 is 2.86 bits per heavy atom. The van der Waals surface area contributed by atoms with Crippen molar-refractivity contribution < 1.29 is 18.7 Å². The summed E-state index contributed by atoms with van der Waals surface area (Å²) >= 11 is 0. The molecule has 0 bridgehead atoms. The number of carboxylic acids is 1. The SMILES string of the molecule is CC1CC(F)(F)c2[nH]c(C(=O)O)cc21. The molecular weight excluding hydrogens is 192 g/mol. The molecule has 1 aliphatic rings. The van der Waals surface area contributed by atoms with E-state index in [1.807, 2.05) is 0 Å². The number of carboxylic acid groups (broad SMARTS) is 1. The van der Waals surface area contributed by atoms with Gasteiger partial charge in [0.25, 0.3) is 5.92 Å². The maximum absolute atomic E-state index is 13.2. The van der Waals surface area contributed by atoms with Gasteiger partial charge in [-0.15, -0.1) is 0 Å². The predicted octanol–water partition coefficient (Wildman–Crippen LogP) is 2.31. The third kappa shape index (κ3) is 1.12. The molecule has 2 rings (SSSR count). The maximum atomic E-state index is 13.2. The van der Waals surface area contributed by atoms with Gasteiger partial charge in [-0.1, -0.05) is 6.92 Å². The molecule has 0 amide bonds. The topological polar surface area (TPSA) is 53.1 Å². The second-order valence-electron chi connectivity index (χ2n) is 3.63. The molecular formula is C9H9F2NO2. The van der Waals surface area contributed by atoms with Crippen LogP contribution in [0.1, 0.15) is 41.0 Å². The number of hydrogen-bond donors (Lipinski definition) is 2. The second-order valence-corrected chi connectivity index (χ2v) is 3.63. The molecule has 0 fully saturated rings. The highest BCUT2D eigenvalue weighted by Gasteiger charge is 2.45. The number of fused-ring (bicyclic) bond motifs is 1. The van der Waals surface area contributed by atoms with Crippen LogP contribution in [0.3, 0.4) is 0 Å². The highest BCUT2D eigenvalue weighted by atomic mass is 19.3. The minimum absolute atomic E-state index is 0.166. The van der Waals surface area contributed by atoms with Crippen molar-refractivity contribution >= 4 is 5.97 Å². The molecule has 1 atom stereocenters. The number of nitrogens with one attached hydrogen (secondary N) is 1. The van der Waals surface area contributed by atoms with Gasteiger partial charge in [-0.05, 0) is 17.5 Å². The van der Waals surface area contributed by atoms with E-state index >= 15 is 0 Å². The van der Waals surface area contributed by atoms with Crippen LogP contribution in [-0.2, 0) is 5.92 Å². The second kappa shape index (κ2) is 2.56. The lowest BCUT2D eigenvalue weighted by Gasteiger charge is -2.08. The summed E-state index contributed by atoms with van der Waals surface area (Å²) < 4.78 is 26.5. The zero-order chi connectivity index (χ0) is 10.5. The summed E-state index contributed by atoms with van der Waals surface area (Å²) in [6.07, 6.45) is -0.242. The van der Waals surface area contributed by atoms with Crippen molar-refractivity contribution in [3.05, 3.63) is 23.0 Å². The number of H-pyrrole nitrogens is 1. The summed E-state index contributed by atoms with van der Waals surface area (Å²) in [7, 11) is 0. The summed E-state index contributed by atoms with van der Waals surface area (Å²) in [5, 5.41) is 8.62. The molecule has 0 aliphatic heterocycles. The number of halogens is 2. The van der Waals surface area contributed by atoms with Crippen LogP contribution >= 0.6 is 0 Å². The Labute approximate surface area is 78.7 Å². The van der Waals surface area contributed by atoms with Gasteiger partial charge in [-0.2, -0.15) is 8.78 Å². The van der Waals surface area contributed by atoms with Gasteiger partial charge < -0.3 is 10.1 Å². The van der Waals surface area contributed by atoms with Crippen molar-refractivity contribution in [1.82, 2.24) is 4.98 Å². The van der Waals surface area contributed by atoms with Crippen molar-refractivity contribution in [3.8, 4) is 0 Å². The van der Waals surface area contributed by atoms with E-state index in [2.05, 4.69) is 4.98 Å². The molecule has 1 aromatic rings. The summed E-state index contributed by atoms with van der Waals surface area (Å²) in [5.74, 6) is -4.41. The highest BCUT2D eigenvalue weighted by Crippen LogP contribution is 2.47. The number of hydrogen-bond acceptors (Lipinski definition) is 1. The number of alkyl halides is 2. The van der Waals surface area contributed by atoms with E-state index in [0.717, 1.165) is 0 Å². The third-order valence-electron chi connectivity index (χ3n) is 2.54. The monoisotopic (exact) mass is 201 g/mol. The molecule has 5 heteroatoms.